The van der Waals surface area contributed by atoms with Crippen molar-refractivity contribution in [1.82, 2.24) is 5.32 Å². The number of methoxy groups -OCH3 is 1. The topological polar surface area (TPSA) is 73.9 Å². The third-order valence-electron chi connectivity index (χ3n) is 2.46. The van der Waals surface area contributed by atoms with Gasteiger partial charge in [0.1, 0.15) is 18.2 Å². The smallest absolute Gasteiger partial charge is 0.332 e. The fourth-order valence-corrected chi connectivity index (χ4v) is 1.77. The normalized spacial score (nSPS) is 23.8. The molecule has 6 nitrogen and oxygen atoms in total. The molecule has 1 rings (SSSR count). The first-order valence-corrected chi connectivity index (χ1v) is 5.98. The number of carbonyl (C=O) groups excluding carboxylic acids is 2. The van der Waals surface area contributed by atoms with Gasteiger partial charge < -0.3 is 19.5 Å². The zero-order chi connectivity index (χ0) is 13.8. The van der Waals surface area contributed by atoms with Gasteiger partial charge in [-0.1, -0.05) is 0 Å². The van der Waals surface area contributed by atoms with Gasteiger partial charge in [-0.15, -0.1) is 0 Å². The highest BCUT2D eigenvalue weighted by atomic mass is 16.6. The van der Waals surface area contributed by atoms with E-state index in [0.29, 0.717) is 13.0 Å². The van der Waals surface area contributed by atoms with Crippen molar-refractivity contribution in [1.29, 1.82) is 0 Å². The molecular weight excluding hydrogens is 238 g/mol. The molecule has 0 radical (unpaired) electrons. The Kier molecular flexibility index (Phi) is 5.10. The van der Waals surface area contributed by atoms with Crippen LogP contribution in [-0.2, 0) is 23.8 Å². The molecule has 2 atom stereocenters. The van der Waals surface area contributed by atoms with Crippen LogP contribution in [0.4, 0.5) is 0 Å². The van der Waals surface area contributed by atoms with Gasteiger partial charge in [-0.25, -0.2) is 4.79 Å². The quantitative estimate of drug-likeness (QED) is 0.729. The number of carbonyl (C=O) groups is 2. The Bertz CT molecular complexity index is 310. The van der Waals surface area contributed by atoms with Crippen LogP contribution in [0.15, 0.2) is 0 Å². The summed E-state index contributed by atoms with van der Waals surface area (Å²) in [6, 6.07) is -0.502. The molecule has 0 aromatic heterocycles. The van der Waals surface area contributed by atoms with Gasteiger partial charge in [-0.05, 0) is 33.7 Å². The molecule has 6 heteroatoms. The van der Waals surface area contributed by atoms with E-state index in [4.69, 9.17) is 9.47 Å². The number of hydrogen-bond donors (Lipinski definition) is 1. The summed E-state index contributed by atoms with van der Waals surface area (Å²) in [5.41, 5.74) is -0.532. The Morgan fingerprint density at radius 1 is 1.33 bits per heavy atom. The minimum atomic E-state index is -0.532. The van der Waals surface area contributed by atoms with Gasteiger partial charge in [0.2, 0.25) is 0 Å². The maximum absolute atomic E-state index is 11.5. The molecule has 1 aliphatic rings. The molecule has 1 N–H and O–H groups in total. The van der Waals surface area contributed by atoms with Crippen molar-refractivity contribution in [2.45, 2.75) is 44.9 Å². The number of ether oxygens (including phenoxy) is 3. The number of hydrogen-bond acceptors (Lipinski definition) is 6. The first-order valence-electron chi connectivity index (χ1n) is 5.98. The van der Waals surface area contributed by atoms with Crippen molar-refractivity contribution in [3.8, 4) is 0 Å². The molecule has 0 saturated carbocycles. The molecule has 1 aliphatic heterocycles. The summed E-state index contributed by atoms with van der Waals surface area (Å²) >= 11 is 0. The number of nitrogens with one attached hydrogen (secondary N) is 1. The van der Waals surface area contributed by atoms with E-state index in [1.807, 2.05) is 0 Å². The molecule has 0 aliphatic carbocycles. The van der Waals surface area contributed by atoms with Crippen molar-refractivity contribution < 1.29 is 23.8 Å². The standard InChI is InChI=1S/C12H21NO5/c1-12(2,3)18-9(14)7-17-8-5-6-13-10(8)11(15)16-4/h8,10,13H,5-7H2,1-4H3/t8?,10-/m0/s1. The maximum Gasteiger partial charge on any atom is 0.332 e. The van der Waals surface area contributed by atoms with E-state index in [9.17, 15) is 9.59 Å². The summed E-state index contributed by atoms with van der Waals surface area (Å²) in [5, 5.41) is 2.98. The molecule has 1 unspecified atom stereocenters. The van der Waals surface area contributed by atoms with Crippen LogP contribution in [0.5, 0.6) is 0 Å². The van der Waals surface area contributed by atoms with Crippen molar-refractivity contribution in [3.05, 3.63) is 0 Å². The predicted octanol–water partition coefficient (Wildman–Crippen LogP) is 0.248. The van der Waals surface area contributed by atoms with Gasteiger partial charge >= 0.3 is 11.9 Å². The summed E-state index contributed by atoms with van der Waals surface area (Å²) in [6.45, 7) is 5.88. The second-order valence-electron chi connectivity index (χ2n) is 5.18. The molecular formula is C12H21NO5. The van der Waals surface area contributed by atoms with Crippen LogP contribution in [0.1, 0.15) is 27.2 Å². The molecule has 1 saturated heterocycles. The lowest BCUT2D eigenvalue weighted by Gasteiger charge is -2.21. The van der Waals surface area contributed by atoms with E-state index in [2.05, 4.69) is 10.1 Å². The van der Waals surface area contributed by atoms with Crippen molar-refractivity contribution in [3.63, 3.8) is 0 Å². The molecule has 0 aromatic rings. The van der Waals surface area contributed by atoms with Gasteiger partial charge in [0, 0.05) is 0 Å². The van der Waals surface area contributed by atoms with E-state index >= 15 is 0 Å². The highest BCUT2D eigenvalue weighted by Crippen LogP contribution is 2.14. The van der Waals surface area contributed by atoms with Crippen LogP contribution in [0, 0.1) is 0 Å². The van der Waals surface area contributed by atoms with E-state index in [1.54, 1.807) is 20.8 Å². The lowest BCUT2D eigenvalue weighted by molar-refractivity contribution is -0.164. The SMILES string of the molecule is COC(=O)[C@H]1NCCC1OCC(=O)OC(C)(C)C. The van der Waals surface area contributed by atoms with Crippen molar-refractivity contribution >= 4 is 11.9 Å². The molecule has 0 spiro atoms. The molecule has 1 fully saturated rings. The number of rotatable bonds is 4. The molecule has 1 heterocycles. The maximum atomic E-state index is 11.5. The highest BCUT2D eigenvalue weighted by molar-refractivity contribution is 5.77. The molecule has 0 amide bonds. The van der Waals surface area contributed by atoms with Gasteiger partial charge in [0.25, 0.3) is 0 Å². The van der Waals surface area contributed by atoms with Gasteiger partial charge in [-0.2, -0.15) is 0 Å². The second-order valence-corrected chi connectivity index (χ2v) is 5.18. The van der Waals surface area contributed by atoms with Crippen LogP contribution < -0.4 is 5.32 Å². The minimum absolute atomic E-state index is 0.156. The Morgan fingerprint density at radius 2 is 2.00 bits per heavy atom. The van der Waals surface area contributed by atoms with Gasteiger partial charge in [0.15, 0.2) is 0 Å². The fourth-order valence-electron chi connectivity index (χ4n) is 1.77. The molecule has 0 bridgehead atoms. The Morgan fingerprint density at radius 3 is 2.56 bits per heavy atom. The van der Waals surface area contributed by atoms with Crippen molar-refractivity contribution in [2.24, 2.45) is 0 Å². The number of esters is 2. The van der Waals surface area contributed by atoms with Crippen LogP contribution in [0.25, 0.3) is 0 Å². The third kappa shape index (κ3) is 4.62. The largest absolute Gasteiger partial charge is 0.468 e. The zero-order valence-electron chi connectivity index (χ0n) is 11.3. The summed E-state index contributed by atoms with van der Waals surface area (Å²) < 4.78 is 15.2. The molecule has 18 heavy (non-hydrogen) atoms. The Balaban J connectivity index is 2.38. The monoisotopic (exact) mass is 259 g/mol. The summed E-state index contributed by atoms with van der Waals surface area (Å²) in [5.74, 6) is -0.806. The van der Waals surface area contributed by atoms with Crippen LogP contribution in [0.3, 0.4) is 0 Å². The predicted molar refractivity (Wildman–Crippen MR) is 64.0 cm³/mol. The van der Waals surface area contributed by atoms with Crippen LogP contribution in [0.2, 0.25) is 0 Å². The average molecular weight is 259 g/mol. The first-order chi connectivity index (χ1) is 8.33. The second kappa shape index (κ2) is 6.15. The fraction of sp³-hybridized carbons (Fsp3) is 0.833. The van der Waals surface area contributed by atoms with Gasteiger partial charge in [-0.3, -0.25) is 4.79 Å². The van der Waals surface area contributed by atoms with Gasteiger partial charge in [0.05, 0.1) is 13.2 Å². The minimum Gasteiger partial charge on any atom is -0.468 e. The Labute approximate surface area is 107 Å². The molecule has 104 valence electrons. The van der Waals surface area contributed by atoms with E-state index in [0.717, 1.165) is 0 Å². The summed E-state index contributed by atoms with van der Waals surface area (Å²) in [6.07, 6.45) is 0.327. The summed E-state index contributed by atoms with van der Waals surface area (Å²) in [7, 11) is 1.33. The zero-order valence-corrected chi connectivity index (χ0v) is 11.3. The average Bonchev–Trinajstić information content (AvgIpc) is 2.71. The van der Waals surface area contributed by atoms with Crippen LogP contribution in [-0.4, -0.2) is 49.9 Å². The van der Waals surface area contributed by atoms with E-state index in [-0.39, 0.29) is 18.7 Å². The third-order valence-corrected chi connectivity index (χ3v) is 2.46. The lowest BCUT2D eigenvalue weighted by atomic mass is 10.2. The van der Waals surface area contributed by atoms with E-state index in [1.165, 1.54) is 7.11 Å². The molecule has 0 aromatic carbocycles. The first kappa shape index (κ1) is 14.9. The highest BCUT2D eigenvalue weighted by Gasteiger charge is 2.35. The Hall–Kier alpha value is -1.14. The van der Waals surface area contributed by atoms with E-state index < -0.39 is 17.6 Å². The lowest BCUT2D eigenvalue weighted by Crippen LogP contribution is -2.41. The van der Waals surface area contributed by atoms with Crippen molar-refractivity contribution in [2.75, 3.05) is 20.3 Å². The summed E-state index contributed by atoms with van der Waals surface area (Å²) in [4.78, 5) is 22.9. The van der Waals surface area contributed by atoms with Crippen LogP contribution >= 0.6 is 0 Å².